The van der Waals surface area contributed by atoms with Gasteiger partial charge in [-0.1, -0.05) is 19.9 Å². The second-order valence-corrected chi connectivity index (χ2v) is 6.57. The maximum Gasteiger partial charge on any atom is 0.129 e. The van der Waals surface area contributed by atoms with Gasteiger partial charge >= 0.3 is 0 Å². The van der Waals surface area contributed by atoms with Crippen LogP contribution in [-0.2, 0) is 13.1 Å². The number of pyridine rings is 1. The van der Waals surface area contributed by atoms with Crippen LogP contribution in [0.1, 0.15) is 42.8 Å². The van der Waals surface area contributed by atoms with Crippen molar-refractivity contribution in [3.63, 3.8) is 0 Å². The number of aromatic nitrogens is 1. The van der Waals surface area contributed by atoms with E-state index in [-0.39, 0.29) is 0 Å². The summed E-state index contributed by atoms with van der Waals surface area (Å²) >= 11 is 1.80. The molecule has 0 saturated carbocycles. The van der Waals surface area contributed by atoms with Crippen molar-refractivity contribution in [2.75, 3.05) is 18.5 Å². The Morgan fingerprint density at radius 3 is 2.71 bits per heavy atom. The van der Waals surface area contributed by atoms with Crippen LogP contribution < -0.4 is 10.2 Å². The third-order valence-corrected chi connectivity index (χ3v) is 4.36. The molecular formula is C17H25N3S. The van der Waals surface area contributed by atoms with Crippen LogP contribution in [0, 0.1) is 0 Å². The van der Waals surface area contributed by atoms with Crippen LogP contribution in [-0.4, -0.2) is 18.6 Å². The fourth-order valence-electron chi connectivity index (χ4n) is 2.30. The lowest BCUT2D eigenvalue weighted by Crippen LogP contribution is -2.23. The van der Waals surface area contributed by atoms with Crippen molar-refractivity contribution in [1.82, 2.24) is 10.3 Å². The van der Waals surface area contributed by atoms with Gasteiger partial charge in [0.15, 0.2) is 0 Å². The van der Waals surface area contributed by atoms with E-state index in [1.54, 1.807) is 11.3 Å². The van der Waals surface area contributed by atoms with Gasteiger partial charge < -0.3 is 10.2 Å². The molecule has 0 unspecified atom stereocenters. The number of anilines is 1. The molecule has 0 radical (unpaired) electrons. The van der Waals surface area contributed by atoms with Crippen molar-refractivity contribution < 1.29 is 0 Å². The van der Waals surface area contributed by atoms with Gasteiger partial charge in [0.2, 0.25) is 0 Å². The molecule has 0 aliphatic carbocycles. The van der Waals surface area contributed by atoms with Crippen LogP contribution in [0.25, 0.3) is 0 Å². The standard InChI is InChI=1S/C17H25N3S/c1-5-20(12-15-7-6-8-21-15)17-10-14(11-18-4)9-16(19-17)13(2)3/h6-10,13,18H,5,11-12H2,1-4H3. The highest BCUT2D eigenvalue weighted by molar-refractivity contribution is 7.09. The Balaban J connectivity index is 2.30. The Morgan fingerprint density at radius 2 is 2.14 bits per heavy atom. The van der Waals surface area contributed by atoms with Crippen molar-refractivity contribution in [2.45, 2.75) is 39.8 Å². The highest BCUT2D eigenvalue weighted by atomic mass is 32.1. The summed E-state index contributed by atoms with van der Waals surface area (Å²) in [5.74, 6) is 1.53. The van der Waals surface area contributed by atoms with Gasteiger partial charge in [0.05, 0.1) is 6.54 Å². The molecule has 0 aromatic carbocycles. The van der Waals surface area contributed by atoms with Gasteiger partial charge in [-0.3, -0.25) is 0 Å². The fraction of sp³-hybridized carbons (Fsp3) is 0.471. The molecule has 0 atom stereocenters. The van der Waals surface area contributed by atoms with E-state index in [2.05, 4.69) is 60.6 Å². The molecule has 0 aliphatic rings. The lowest BCUT2D eigenvalue weighted by atomic mass is 10.1. The van der Waals surface area contributed by atoms with Gasteiger partial charge in [-0.25, -0.2) is 4.98 Å². The molecule has 0 spiro atoms. The molecule has 0 fully saturated rings. The molecule has 21 heavy (non-hydrogen) atoms. The van der Waals surface area contributed by atoms with Gasteiger partial charge in [-0.15, -0.1) is 11.3 Å². The smallest absolute Gasteiger partial charge is 0.129 e. The molecular weight excluding hydrogens is 278 g/mol. The highest BCUT2D eigenvalue weighted by Crippen LogP contribution is 2.22. The zero-order valence-corrected chi connectivity index (χ0v) is 14.2. The van der Waals surface area contributed by atoms with Crippen LogP contribution in [0.4, 0.5) is 5.82 Å². The molecule has 0 aliphatic heterocycles. The summed E-state index contributed by atoms with van der Waals surface area (Å²) in [4.78, 5) is 8.59. The van der Waals surface area contributed by atoms with E-state index in [1.165, 1.54) is 16.1 Å². The Hall–Kier alpha value is -1.39. The third kappa shape index (κ3) is 4.29. The van der Waals surface area contributed by atoms with E-state index in [9.17, 15) is 0 Å². The zero-order chi connectivity index (χ0) is 15.2. The van der Waals surface area contributed by atoms with E-state index in [0.717, 1.165) is 25.5 Å². The molecule has 2 aromatic rings. The largest absolute Gasteiger partial charge is 0.352 e. The molecule has 0 bridgehead atoms. The quantitative estimate of drug-likeness (QED) is 0.837. The van der Waals surface area contributed by atoms with E-state index in [1.807, 2.05) is 7.05 Å². The van der Waals surface area contributed by atoms with Crippen LogP contribution in [0.15, 0.2) is 29.6 Å². The van der Waals surface area contributed by atoms with E-state index < -0.39 is 0 Å². The first-order valence-electron chi connectivity index (χ1n) is 7.56. The van der Waals surface area contributed by atoms with E-state index in [0.29, 0.717) is 5.92 Å². The fourth-order valence-corrected chi connectivity index (χ4v) is 3.02. The number of hydrogen-bond donors (Lipinski definition) is 1. The zero-order valence-electron chi connectivity index (χ0n) is 13.4. The number of nitrogens with zero attached hydrogens (tertiary/aromatic N) is 2. The third-order valence-electron chi connectivity index (χ3n) is 3.50. The van der Waals surface area contributed by atoms with Crippen LogP contribution in [0.5, 0.6) is 0 Å². The number of nitrogens with one attached hydrogen (secondary N) is 1. The lowest BCUT2D eigenvalue weighted by molar-refractivity contribution is 0.764. The minimum Gasteiger partial charge on any atom is -0.352 e. The first-order chi connectivity index (χ1) is 10.1. The number of thiophene rings is 1. The van der Waals surface area contributed by atoms with Gasteiger partial charge in [-0.2, -0.15) is 0 Å². The Morgan fingerprint density at radius 1 is 1.33 bits per heavy atom. The molecule has 114 valence electrons. The van der Waals surface area contributed by atoms with Crippen molar-refractivity contribution in [3.8, 4) is 0 Å². The summed E-state index contributed by atoms with van der Waals surface area (Å²) in [6.45, 7) is 9.36. The summed E-state index contributed by atoms with van der Waals surface area (Å²) in [6, 6.07) is 8.72. The van der Waals surface area contributed by atoms with Crippen molar-refractivity contribution in [3.05, 3.63) is 45.8 Å². The summed E-state index contributed by atoms with van der Waals surface area (Å²) < 4.78 is 0. The van der Waals surface area contributed by atoms with E-state index in [4.69, 9.17) is 4.98 Å². The Bertz CT molecular complexity index is 549. The second-order valence-electron chi connectivity index (χ2n) is 5.54. The minimum absolute atomic E-state index is 0.445. The number of rotatable bonds is 7. The summed E-state index contributed by atoms with van der Waals surface area (Å²) in [7, 11) is 1.98. The average Bonchev–Trinajstić information content (AvgIpc) is 2.97. The van der Waals surface area contributed by atoms with Crippen molar-refractivity contribution >= 4 is 17.2 Å². The molecule has 0 saturated heterocycles. The maximum atomic E-state index is 4.87. The summed E-state index contributed by atoms with van der Waals surface area (Å²) in [6.07, 6.45) is 0. The Labute approximate surface area is 132 Å². The van der Waals surface area contributed by atoms with Gasteiger partial charge in [0, 0.05) is 23.7 Å². The summed E-state index contributed by atoms with van der Waals surface area (Å²) in [5.41, 5.74) is 2.47. The maximum absolute atomic E-state index is 4.87. The highest BCUT2D eigenvalue weighted by Gasteiger charge is 2.12. The SMILES string of the molecule is CCN(Cc1cccs1)c1cc(CNC)cc(C(C)C)n1. The predicted octanol–water partition coefficient (Wildman–Crippen LogP) is 4.01. The van der Waals surface area contributed by atoms with Gasteiger partial charge in [0.1, 0.15) is 5.82 Å². The van der Waals surface area contributed by atoms with Crippen LogP contribution >= 0.6 is 11.3 Å². The monoisotopic (exact) mass is 303 g/mol. The average molecular weight is 303 g/mol. The molecule has 0 amide bonds. The second kappa shape index (κ2) is 7.57. The molecule has 1 N–H and O–H groups in total. The van der Waals surface area contributed by atoms with Crippen LogP contribution in [0.3, 0.4) is 0 Å². The first-order valence-corrected chi connectivity index (χ1v) is 8.44. The minimum atomic E-state index is 0.445. The Kier molecular flexibility index (Phi) is 5.76. The van der Waals surface area contributed by atoms with E-state index >= 15 is 0 Å². The van der Waals surface area contributed by atoms with Gasteiger partial charge in [0.25, 0.3) is 0 Å². The molecule has 2 rings (SSSR count). The lowest BCUT2D eigenvalue weighted by Gasteiger charge is -2.23. The topological polar surface area (TPSA) is 28.2 Å². The van der Waals surface area contributed by atoms with Crippen molar-refractivity contribution in [1.29, 1.82) is 0 Å². The molecule has 3 nitrogen and oxygen atoms in total. The van der Waals surface area contributed by atoms with Crippen LogP contribution in [0.2, 0.25) is 0 Å². The predicted molar refractivity (Wildman–Crippen MR) is 92.1 cm³/mol. The molecule has 2 heterocycles. The molecule has 4 heteroatoms. The van der Waals surface area contributed by atoms with Crippen molar-refractivity contribution in [2.24, 2.45) is 0 Å². The normalized spacial score (nSPS) is 11.1. The van der Waals surface area contributed by atoms with Gasteiger partial charge in [-0.05, 0) is 49.0 Å². The molecule has 2 aromatic heterocycles. The first kappa shape index (κ1) is 16.0. The summed E-state index contributed by atoms with van der Waals surface area (Å²) in [5, 5.41) is 5.37. The number of hydrogen-bond acceptors (Lipinski definition) is 4.